The van der Waals surface area contributed by atoms with Crippen LogP contribution >= 0.6 is 0 Å². The monoisotopic (exact) mass is 329 g/mol. The Kier molecular flexibility index (Phi) is 6.23. The normalized spacial score (nSPS) is 10.5. The minimum Gasteiger partial charge on any atom is -0.370 e. The Bertz CT molecular complexity index is 667. The van der Waals surface area contributed by atoms with Crippen LogP contribution in [0.5, 0.6) is 0 Å². The number of nitrogens with one attached hydrogen (secondary N) is 1. The molecule has 6 nitrogen and oxygen atoms in total. The number of likely N-dealkylation sites (N-methyl/N-ethyl adjacent to an activating group) is 1. The summed E-state index contributed by atoms with van der Waals surface area (Å²) < 4.78 is 1.74. The molecule has 130 valence electrons. The molecule has 0 spiro atoms. The molecule has 6 heteroatoms. The first kappa shape index (κ1) is 17.8. The average molecular weight is 329 g/mol. The molecule has 2 rings (SSSR count). The Morgan fingerprint density at radius 2 is 2.17 bits per heavy atom. The molecule has 1 aromatic heterocycles. The predicted octanol–water partition coefficient (Wildman–Crippen LogP) is 2.40. The Hall–Kier alpha value is -2.50. The van der Waals surface area contributed by atoms with Crippen LogP contribution in [-0.4, -0.2) is 47.4 Å². The molecule has 24 heavy (non-hydrogen) atoms. The van der Waals surface area contributed by atoms with E-state index in [-0.39, 0.29) is 6.03 Å². The molecule has 2 amide bonds. The highest BCUT2D eigenvalue weighted by Crippen LogP contribution is 2.15. The molecule has 2 aromatic rings. The van der Waals surface area contributed by atoms with E-state index in [9.17, 15) is 4.79 Å². The first-order chi connectivity index (χ1) is 11.5. The maximum Gasteiger partial charge on any atom is 0.317 e. The van der Waals surface area contributed by atoms with Gasteiger partial charge in [0.25, 0.3) is 0 Å². The van der Waals surface area contributed by atoms with Crippen molar-refractivity contribution >= 4 is 11.7 Å². The zero-order valence-electron chi connectivity index (χ0n) is 15.0. The van der Waals surface area contributed by atoms with Gasteiger partial charge >= 0.3 is 6.03 Å². The fourth-order valence-corrected chi connectivity index (χ4v) is 2.63. The van der Waals surface area contributed by atoms with Crippen molar-refractivity contribution in [3.8, 4) is 0 Å². The fraction of sp³-hybridized carbons (Fsp3) is 0.444. The number of hydrogen-bond acceptors (Lipinski definition) is 3. The second-order valence-electron chi connectivity index (χ2n) is 6.03. The van der Waals surface area contributed by atoms with E-state index in [1.165, 1.54) is 11.3 Å². The van der Waals surface area contributed by atoms with Crippen molar-refractivity contribution in [2.75, 3.05) is 31.6 Å². The Labute approximate surface area is 144 Å². The summed E-state index contributed by atoms with van der Waals surface area (Å²) >= 11 is 0. The van der Waals surface area contributed by atoms with E-state index in [1.807, 2.05) is 13.2 Å². The summed E-state index contributed by atoms with van der Waals surface area (Å²) in [6.07, 6.45) is 3.70. The van der Waals surface area contributed by atoms with Gasteiger partial charge in [0.2, 0.25) is 0 Å². The average Bonchev–Trinajstić information content (AvgIpc) is 2.96. The lowest BCUT2D eigenvalue weighted by Crippen LogP contribution is -2.41. The first-order valence-corrected chi connectivity index (χ1v) is 8.27. The number of carbonyl (C=O) groups excluding carboxylic acids is 1. The van der Waals surface area contributed by atoms with E-state index < -0.39 is 0 Å². The highest BCUT2D eigenvalue weighted by molar-refractivity contribution is 5.73. The van der Waals surface area contributed by atoms with E-state index in [4.69, 9.17) is 0 Å². The number of hydrogen-bond donors (Lipinski definition) is 1. The van der Waals surface area contributed by atoms with Gasteiger partial charge in [0.15, 0.2) is 0 Å². The van der Waals surface area contributed by atoms with Gasteiger partial charge in [0.05, 0.1) is 12.7 Å². The van der Waals surface area contributed by atoms with Gasteiger partial charge in [-0.15, -0.1) is 0 Å². The van der Waals surface area contributed by atoms with Crippen LogP contribution in [0.15, 0.2) is 36.7 Å². The van der Waals surface area contributed by atoms with Crippen molar-refractivity contribution in [2.45, 2.75) is 20.4 Å². The van der Waals surface area contributed by atoms with Gasteiger partial charge in [0.1, 0.15) is 0 Å². The van der Waals surface area contributed by atoms with Crippen molar-refractivity contribution in [1.29, 1.82) is 0 Å². The lowest BCUT2D eigenvalue weighted by atomic mass is 10.2. The summed E-state index contributed by atoms with van der Waals surface area (Å²) in [5, 5.41) is 7.09. The van der Waals surface area contributed by atoms with E-state index in [0.29, 0.717) is 13.1 Å². The van der Waals surface area contributed by atoms with E-state index in [0.717, 1.165) is 18.7 Å². The van der Waals surface area contributed by atoms with Gasteiger partial charge in [-0.2, -0.15) is 5.10 Å². The molecule has 1 N–H and O–H groups in total. The van der Waals surface area contributed by atoms with Crippen molar-refractivity contribution in [1.82, 2.24) is 20.0 Å². The number of carbonyl (C=O) groups is 1. The number of nitrogens with zero attached hydrogens (tertiary/aromatic N) is 4. The van der Waals surface area contributed by atoms with E-state index >= 15 is 0 Å². The summed E-state index contributed by atoms with van der Waals surface area (Å²) in [6.45, 7) is 7.06. The maximum absolute atomic E-state index is 12.2. The Morgan fingerprint density at radius 3 is 2.79 bits per heavy atom. The van der Waals surface area contributed by atoms with Crippen LogP contribution in [-0.2, 0) is 13.6 Å². The third-order valence-electron chi connectivity index (χ3n) is 3.93. The van der Waals surface area contributed by atoms with Crippen LogP contribution in [0.2, 0.25) is 0 Å². The molecule has 0 unspecified atom stereocenters. The molecule has 0 atom stereocenters. The summed E-state index contributed by atoms with van der Waals surface area (Å²) in [7, 11) is 3.66. The number of benzene rings is 1. The second kappa shape index (κ2) is 8.38. The zero-order chi connectivity index (χ0) is 17.5. The largest absolute Gasteiger partial charge is 0.370 e. The molecule has 0 aliphatic heterocycles. The molecular weight excluding hydrogens is 302 g/mol. The SMILES string of the molecule is CCN(CCNC(=O)N(C)Cc1cnn(C)c1)c1cccc(C)c1. The molecule has 0 radical (unpaired) electrons. The molecule has 0 aliphatic rings. The quantitative estimate of drug-likeness (QED) is 0.849. The molecule has 0 saturated heterocycles. The van der Waals surface area contributed by atoms with Crippen LogP contribution < -0.4 is 10.2 Å². The van der Waals surface area contributed by atoms with Gasteiger partial charge in [-0.05, 0) is 31.5 Å². The smallest absolute Gasteiger partial charge is 0.317 e. The van der Waals surface area contributed by atoms with Crippen LogP contribution in [0.1, 0.15) is 18.1 Å². The highest BCUT2D eigenvalue weighted by atomic mass is 16.2. The van der Waals surface area contributed by atoms with Gasteiger partial charge in [-0.3, -0.25) is 4.68 Å². The van der Waals surface area contributed by atoms with Gasteiger partial charge in [-0.25, -0.2) is 4.79 Å². The summed E-state index contributed by atoms with van der Waals surface area (Å²) in [5.41, 5.74) is 3.45. The number of aryl methyl sites for hydroxylation is 2. The third kappa shape index (κ3) is 5.01. The van der Waals surface area contributed by atoms with Crippen LogP contribution in [0.4, 0.5) is 10.5 Å². The molecular formula is C18H27N5O. The van der Waals surface area contributed by atoms with Gasteiger partial charge in [0, 0.05) is 51.2 Å². The van der Waals surface area contributed by atoms with Crippen molar-refractivity contribution in [2.24, 2.45) is 7.05 Å². The second-order valence-corrected chi connectivity index (χ2v) is 6.03. The number of rotatable bonds is 7. The number of aromatic nitrogens is 2. The summed E-state index contributed by atoms with van der Waals surface area (Å²) in [5.74, 6) is 0. The number of urea groups is 1. The molecule has 0 bridgehead atoms. The van der Waals surface area contributed by atoms with Crippen LogP contribution in [0, 0.1) is 6.92 Å². The van der Waals surface area contributed by atoms with E-state index in [1.54, 1.807) is 22.8 Å². The molecule has 1 heterocycles. The van der Waals surface area contributed by atoms with E-state index in [2.05, 4.69) is 53.4 Å². The first-order valence-electron chi connectivity index (χ1n) is 8.27. The Balaban J connectivity index is 1.80. The highest BCUT2D eigenvalue weighted by Gasteiger charge is 2.10. The number of anilines is 1. The lowest BCUT2D eigenvalue weighted by Gasteiger charge is -2.24. The fourth-order valence-electron chi connectivity index (χ4n) is 2.63. The summed E-state index contributed by atoms with van der Waals surface area (Å²) in [6, 6.07) is 8.35. The molecule has 0 fully saturated rings. The summed E-state index contributed by atoms with van der Waals surface area (Å²) in [4.78, 5) is 16.1. The lowest BCUT2D eigenvalue weighted by molar-refractivity contribution is 0.207. The van der Waals surface area contributed by atoms with Gasteiger partial charge in [-0.1, -0.05) is 12.1 Å². The molecule has 0 aliphatic carbocycles. The minimum atomic E-state index is -0.0702. The standard InChI is InChI=1S/C18H27N5O/c1-5-23(17-8-6-7-15(2)11-17)10-9-19-18(24)21(3)13-16-12-20-22(4)14-16/h6-8,11-12,14H,5,9-10,13H2,1-4H3,(H,19,24). The van der Waals surface area contributed by atoms with Crippen molar-refractivity contribution < 1.29 is 4.79 Å². The number of amides is 2. The topological polar surface area (TPSA) is 53.4 Å². The molecule has 1 aromatic carbocycles. The maximum atomic E-state index is 12.2. The van der Waals surface area contributed by atoms with Crippen molar-refractivity contribution in [3.05, 3.63) is 47.8 Å². The van der Waals surface area contributed by atoms with Crippen LogP contribution in [0.25, 0.3) is 0 Å². The minimum absolute atomic E-state index is 0.0702. The van der Waals surface area contributed by atoms with Gasteiger partial charge < -0.3 is 15.1 Å². The third-order valence-corrected chi connectivity index (χ3v) is 3.93. The van der Waals surface area contributed by atoms with Crippen molar-refractivity contribution in [3.63, 3.8) is 0 Å². The zero-order valence-corrected chi connectivity index (χ0v) is 15.0. The molecule has 0 saturated carbocycles. The Morgan fingerprint density at radius 1 is 1.38 bits per heavy atom. The van der Waals surface area contributed by atoms with Crippen LogP contribution in [0.3, 0.4) is 0 Å². The predicted molar refractivity (Wildman–Crippen MR) is 97.1 cm³/mol.